The number of methoxy groups -OCH3 is 2. The number of benzene rings is 1. The second-order valence-corrected chi connectivity index (χ2v) is 4.94. The van der Waals surface area contributed by atoms with Crippen molar-refractivity contribution in [3.8, 4) is 0 Å². The van der Waals surface area contributed by atoms with E-state index >= 15 is 0 Å². The van der Waals surface area contributed by atoms with Gasteiger partial charge in [-0.2, -0.15) is 0 Å². The molecular weight excluding hydrogens is 242 g/mol. The zero-order chi connectivity index (χ0) is 13.7. The smallest absolute Gasteiger partial charge is 0.337 e. The van der Waals surface area contributed by atoms with E-state index in [1.807, 2.05) is 18.2 Å². The quantitative estimate of drug-likeness (QED) is 0.849. The fraction of sp³-hybridized carbons (Fsp3) is 0.533. The molecule has 1 N–H and O–H groups in total. The summed E-state index contributed by atoms with van der Waals surface area (Å²) in [6.45, 7) is 0. The molecule has 1 fully saturated rings. The molecule has 19 heavy (non-hydrogen) atoms. The SMILES string of the molecule is COC(=O)c1cccc(NC2CCCC(OC)C2)c1. The van der Waals surface area contributed by atoms with Gasteiger partial charge in [-0.25, -0.2) is 4.79 Å². The van der Waals surface area contributed by atoms with Crippen molar-refractivity contribution >= 4 is 11.7 Å². The maximum absolute atomic E-state index is 11.5. The third kappa shape index (κ3) is 3.70. The molecule has 0 spiro atoms. The lowest BCUT2D eigenvalue weighted by Crippen LogP contribution is -2.31. The molecule has 4 nitrogen and oxygen atoms in total. The minimum absolute atomic E-state index is 0.304. The fourth-order valence-electron chi connectivity index (χ4n) is 2.58. The molecule has 4 heteroatoms. The molecule has 104 valence electrons. The van der Waals surface area contributed by atoms with Crippen LogP contribution in [0.1, 0.15) is 36.0 Å². The van der Waals surface area contributed by atoms with E-state index in [0.29, 0.717) is 17.7 Å². The van der Waals surface area contributed by atoms with Crippen LogP contribution in [0.5, 0.6) is 0 Å². The van der Waals surface area contributed by atoms with Gasteiger partial charge in [0, 0.05) is 18.8 Å². The van der Waals surface area contributed by atoms with Gasteiger partial charge in [0.1, 0.15) is 0 Å². The zero-order valence-electron chi connectivity index (χ0n) is 11.5. The van der Waals surface area contributed by atoms with Crippen molar-refractivity contribution in [1.29, 1.82) is 0 Å². The normalized spacial score (nSPS) is 22.8. The minimum Gasteiger partial charge on any atom is -0.465 e. The highest BCUT2D eigenvalue weighted by atomic mass is 16.5. The Labute approximate surface area is 114 Å². The Bertz CT molecular complexity index is 433. The lowest BCUT2D eigenvalue weighted by atomic mass is 9.92. The van der Waals surface area contributed by atoms with Crippen LogP contribution in [0.15, 0.2) is 24.3 Å². The minimum atomic E-state index is -0.304. The van der Waals surface area contributed by atoms with Gasteiger partial charge in [0.15, 0.2) is 0 Å². The maximum atomic E-state index is 11.5. The summed E-state index contributed by atoms with van der Waals surface area (Å²) in [5.41, 5.74) is 1.54. The van der Waals surface area contributed by atoms with E-state index < -0.39 is 0 Å². The first kappa shape index (κ1) is 13.9. The number of carbonyl (C=O) groups excluding carboxylic acids is 1. The van der Waals surface area contributed by atoms with Crippen LogP contribution in [-0.2, 0) is 9.47 Å². The van der Waals surface area contributed by atoms with E-state index in [1.165, 1.54) is 13.5 Å². The van der Waals surface area contributed by atoms with E-state index in [9.17, 15) is 4.79 Å². The Morgan fingerprint density at radius 1 is 1.32 bits per heavy atom. The van der Waals surface area contributed by atoms with Gasteiger partial charge >= 0.3 is 5.97 Å². The fourth-order valence-corrected chi connectivity index (χ4v) is 2.58. The van der Waals surface area contributed by atoms with Gasteiger partial charge in [-0.1, -0.05) is 6.07 Å². The molecule has 0 aliphatic heterocycles. The Balaban J connectivity index is 2.00. The molecule has 2 rings (SSSR count). The summed E-state index contributed by atoms with van der Waals surface area (Å²) in [6, 6.07) is 7.85. The molecule has 0 amide bonds. The molecule has 2 unspecified atom stereocenters. The largest absolute Gasteiger partial charge is 0.465 e. The third-order valence-electron chi connectivity index (χ3n) is 3.61. The summed E-state index contributed by atoms with van der Waals surface area (Å²) in [4.78, 5) is 11.5. The van der Waals surface area contributed by atoms with Crippen molar-refractivity contribution in [3.63, 3.8) is 0 Å². The number of nitrogens with one attached hydrogen (secondary N) is 1. The van der Waals surface area contributed by atoms with Crippen molar-refractivity contribution in [1.82, 2.24) is 0 Å². The molecule has 0 saturated heterocycles. The number of rotatable bonds is 4. The summed E-state index contributed by atoms with van der Waals surface area (Å²) in [5, 5.41) is 3.48. The molecule has 1 aliphatic rings. The zero-order valence-corrected chi connectivity index (χ0v) is 11.5. The van der Waals surface area contributed by atoms with E-state index in [4.69, 9.17) is 9.47 Å². The molecule has 0 bridgehead atoms. The number of carbonyl (C=O) groups is 1. The summed E-state index contributed by atoms with van der Waals surface area (Å²) in [7, 11) is 3.16. The van der Waals surface area contributed by atoms with Crippen LogP contribution in [0.4, 0.5) is 5.69 Å². The average molecular weight is 263 g/mol. The number of ether oxygens (including phenoxy) is 2. The van der Waals surface area contributed by atoms with E-state index in [0.717, 1.165) is 24.9 Å². The predicted octanol–water partition coefficient (Wildman–Crippen LogP) is 2.84. The van der Waals surface area contributed by atoms with Gasteiger partial charge < -0.3 is 14.8 Å². The topological polar surface area (TPSA) is 47.6 Å². The first-order valence-electron chi connectivity index (χ1n) is 6.70. The molecule has 1 aromatic carbocycles. The van der Waals surface area contributed by atoms with Gasteiger partial charge in [-0.05, 0) is 43.9 Å². The number of hydrogen-bond acceptors (Lipinski definition) is 4. The highest BCUT2D eigenvalue weighted by Gasteiger charge is 2.21. The van der Waals surface area contributed by atoms with Crippen LogP contribution in [0.25, 0.3) is 0 Å². The van der Waals surface area contributed by atoms with Crippen LogP contribution in [0.2, 0.25) is 0 Å². The second-order valence-electron chi connectivity index (χ2n) is 4.94. The van der Waals surface area contributed by atoms with Crippen LogP contribution in [0.3, 0.4) is 0 Å². The number of anilines is 1. The third-order valence-corrected chi connectivity index (χ3v) is 3.61. The summed E-state index contributed by atoms with van der Waals surface area (Å²) < 4.78 is 10.2. The van der Waals surface area contributed by atoms with E-state index in [1.54, 1.807) is 13.2 Å². The van der Waals surface area contributed by atoms with Gasteiger partial charge in [0.05, 0.1) is 18.8 Å². The maximum Gasteiger partial charge on any atom is 0.337 e. The monoisotopic (exact) mass is 263 g/mol. The lowest BCUT2D eigenvalue weighted by molar-refractivity contribution is 0.0600. The molecule has 2 atom stereocenters. The van der Waals surface area contributed by atoms with Gasteiger partial charge in [-0.15, -0.1) is 0 Å². The van der Waals surface area contributed by atoms with Crippen LogP contribution in [0, 0.1) is 0 Å². The predicted molar refractivity (Wildman–Crippen MR) is 74.5 cm³/mol. The highest BCUT2D eigenvalue weighted by Crippen LogP contribution is 2.24. The Morgan fingerprint density at radius 3 is 2.89 bits per heavy atom. The van der Waals surface area contributed by atoms with Crippen molar-refractivity contribution in [2.75, 3.05) is 19.5 Å². The number of esters is 1. The standard InChI is InChI=1S/C15H21NO3/c1-18-14-8-4-7-13(10-14)16-12-6-3-5-11(9-12)15(17)19-2/h3,5-6,9,13-14,16H,4,7-8,10H2,1-2H3. The van der Waals surface area contributed by atoms with Crippen molar-refractivity contribution in [2.24, 2.45) is 0 Å². The van der Waals surface area contributed by atoms with Crippen molar-refractivity contribution in [2.45, 2.75) is 37.8 Å². The first-order valence-corrected chi connectivity index (χ1v) is 6.70. The molecule has 1 saturated carbocycles. The van der Waals surface area contributed by atoms with Crippen LogP contribution < -0.4 is 5.32 Å². The van der Waals surface area contributed by atoms with Crippen molar-refractivity contribution in [3.05, 3.63) is 29.8 Å². The number of hydrogen-bond donors (Lipinski definition) is 1. The lowest BCUT2D eigenvalue weighted by Gasteiger charge is -2.29. The van der Waals surface area contributed by atoms with Gasteiger partial charge in [-0.3, -0.25) is 0 Å². The Hall–Kier alpha value is -1.55. The average Bonchev–Trinajstić information content (AvgIpc) is 2.47. The van der Waals surface area contributed by atoms with Gasteiger partial charge in [0.25, 0.3) is 0 Å². The summed E-state index contributed by atoms with van der Waals surface area (Å²) in [6.07, 6.45) is 4.81. The summed E-state index contributed by atoms with van der Waals surface area (Å²) in [5.74, 6) is -0.304. The summed E-state index contributed by atoms with van der Waals surface area (Å²) >= 11 is 0. The van der Waals surface area contributed by atoms with Crippen LogP contribution >= 0.6 is 0 Å². The molecule has 0 aromatic heterocycles. The molecule has 0 heterocycles. The Morgan fingerprint density at radius 2 is 2.16 bits per heavy atom. The van der Waals surface area contributed by atoms with Crippen LogP contribution in [-0.4, -0.2) is 32.3 Å². The first-order chi connectivity index (χ1) is 9.22. The van der Waals surface area contributed by atoms with E-state index in [2.05, 4.69) is 5.32 Å². The molecule has 1 aliphatic carbocycles. The van der Waals surface area contributed by atoms with Gasteiger partial charge in [0.2, 0.25) is 0 Å². The molecular formula is C15H21NO3. The molecule has 0 radical (unpaired) electrons. The Kier molecular flexibility index (Phi) is 4.80. The second kappa shape index (κ2) is 6.57. The van der Waals surface area contributed by atoms with E-state index in [-0.39, 0.29) is 5.97 Å². The highest BCUT2D eigenvalue weighted by molar-refractivity contribution is 5.90. The molecule has 1 aromatic rings. The van der Waals surface area contributed by atoms with Crippen molar-refractivity contribution < 1.29 is 14.3 Å².